The van der Waals surface area contributed by atoms with Crippen molar-refractivity contribution in [2.45, 2.75) is 12.5 Å². The number of carbonyl (C=O) groups is 1. The van der Waals surface area contributed by atoms with Crippen LogP contribution in [0.4, 0.5) is 5.69 Å². The van der Waals surface area contributed by atoms with Gasteiger partial charge in [0.25, 0.3) is 5.56 Å². The Balaban J connectivity index is 2.42. The summed E-state index contributed by atoms with van der Waals surface area (Å²) in [5, 5.41) is 11.5. The van der Waals surface area contributed by atoms with E-state index < -0.39 is 12.0 Å². The molecule has 1 aromatic heterocycles. The van der Waals surface area contributed by atoms with Gasteiger partial charge < -0.3 is 15.6 Å². The molecule has 0 aromatic carbocycles. The summed E-state index contributed by atoms with van der Waals surface area (Å²) >= 11 is 0. The molecule has 2 heterocycles. The zero-order valence-electron chi connectivity index (χ0n) is 9.67. The topological polar surface area (TPSA) is 101 Å². The number of nitrogens with two attached hydrogens (primary N) is 1. The third-order valence-electron chi connectivity index (χ3n) is 3.07. The third kappa shape index (κ3) is 2.07. The number of amides is 1. The number of nitriles is 1. The van der Waals surface area contributed by atoms with E-state index >= 15 is 0 Å². The lowest BCUT2D eigenvalue weighted by molar-refractivity contribution is -0.123. The molecule has 2 rings (SSSR count). The fourth-order valence-electron chi connectivity index (χ4n) is 2.17. The number of nitrogens with one attached hydrogen (secondary N) is 1. The molecule has 1 aliphatic heterocycles. The van der Waals surface area contributed by atoms with Gasteiger partial charge in [0.15, 0.2) is 0 Å². The van der Waals surface area contributed by atoms with E-state index in [0.717, 1.165) is 0 Å². The van der Waals surface area contributed by atoms with Crippen molar-refractivity contribution in [1.29, 1.82) is 5.26 Å². The maximum Gasteiger partial charge on any atom is 0.273 e. The van der Waals surface area contributed by atoms with Crippen molar-refractivity contribution >= 4 is 11.6 Å². The van der Waals surface area contributed by atoms with Crippen molar-refractivity contribution in [3.8, 4) is 6.07 Å². The van der Waals surface area contributed by atoms with Gasteiger partial charge in [-0.2, -0.15) is 5.26 Å². The summed E-state index contributed by atoms with van der Waals surface area (Å²) in [5.74, 6) is -0.537. The van der Waals surface area contributed by atoms with Gasteiger partial charge in [-0.1, -0.05) is 0 Å². The molecule has 3 N–H and O–H groups in total. The summed E-state index contributed by atoms with van der Waals surface area (Å²) < 4.78 is 1.34. The largest absolute Gasteiger partial charge is 0.394 e. The van der Waals surface area contributed by atoms with Crippen LogP contribution in [0.5, 0.6) is 0 Å². The first kappa shape index (κ1) is 12.2. The molecule has 1 aromatic rings. The van der Waals surface area contributed by atoms with Crippen LogP contribution in [0, 0.1) is 23.7 Å². The van der Waals surface area contributed by atoms with Gasteiger partial charge in [-0.15, -0.1) is 0 Å². The van der Waals surface area contributed by atoms with Crippen LogP contribution >= 0.6 is 0 Å². The highest BCUT2D eigenvalue weighted by Crippen LogP contribution is 2.26. The molecule has 1 amide bonds. The smallest absolute Gasteiger partial charge is 0.273 e. The highest BCUT2D eigenvalue weighted by molar-refractivity contribution is 5.81. The third-order valence-corrected chi connectivity index (χ3v) is 3.07. The maximum absolute atomic E-state index is 11.9. The summed E-state index contributed by atoms with van der Waals surface area (Å²) in [4.78, 5) is 23.6. The molecular weight excluding hydrogens is 232 g/mol. The highest BCUT2D eigenvalue weighted by atomic mass is 16.2. The molecule has 1 aliphatic rings. The zero-order valence-corrected chi connectivity index (χ0v) is 9.67. The van der Waals surface area contributed by atoms with Crippen LogP contribution in [0.15, 0.2) is 23.1 Å². The fourth-order valence-corrected chi connectivity index (χ4v) is 2.17. The second-order valence-corrected chi connectivity index (χ2v) is 4.15. The monoisotopic (exact) mass is 245 g/mol. The van der Waals surface area contributed by atoms with Gasteiger partial charge in [-0.3, -0.25) is 9.59 Å². The van der Waals surface area contributed by atoms with Crippen molar-refractivity contribution in [2.24, 2.45) is 5.92 Å². The summed E-state index contributed by atoms with van der Waals surface area (Å²) in [6.07, 6.45) is 3.45. The van der Waals surface area contributed by atoms with E-state index in [0.29, 0.717) is 13.0 Å². The van der Waals surface area contributed by atoms with Crippen molar-refractivity contribution in [1.82, 2.24) is 9.88 Å². The number of nitrogen functional groups attached to an aromatic ring is 1. The quantitative estimate of drug-likeness (QED) is 0.772. The minimum Gasteiger partial charge on any atom is -0.394 e. The molecule has 0 bridgehead atoms. The minimum absolute atomic E-state index is 0.104. The Labute approximate surface area is 104 Å². The summed E-state index contributed by atoms with van der Waals surface area (Å²) in [7, 11) is 0. The molecular formula is C12H13N4O2. The van der Waals surface area contributed by atoms with Gasteiger partial charge in [-0.05, 0) is 18.6 Å². The highest BCUT2D eigenvalue weighted by Gasteiger charge is 2.34. The van der Waals surface area contributed by atoms with Crippen molar-refractivity contribution in [2.75, 3.05) is 12.3 Å². The van der Waals surface area contributed by atoms with Gasteiger partial charge in [0.05, 0.1) is 30.1 Å². The standard InChI is InChI=1S/C12H13N4O2/c13-5-3-10(8-4-6-15-11(8)17)16-7-1-2-9(14)12(16)18/h1-3,7-8,10H,4,6,14H2,(H,15,17)/t8-,10?/m0/s1. The molecule has 1 fully saturated rings. The second kappa shape index (κ2) is 4.92. The molecule has 0 spiro atoms. The van der Waals surface area contributed by atoms with E-state index in [4.69, 9.17) is 11.0 Å². The molecule has 0 saturated carbocycles. The second-order valence-electron chi connectivity index (χ2n) is 4.15. The van der Waals surface area contributed by atoms with E-state index in [1.807, 2.05) is 6.07 Å². The van der Waals surface area contributed by atoms with Crippen LogP contribution in [-0.2, 0) is 4.79 Å². The lowest BCUT2D eigenvalue weighted by atomic mass is 9.95. The Hall–Kier alpha value is -2.29. The Morgan fingerprint density at radius 1 is 1.61 bits per heavy atom. The zero-order chi connectivity index (χ0) is 13.1. The predicted molar refractivity (Wildman–Crippen MR) is 65.2 cm³/mol. The van der Waals surface area contributed by atoms with Gasteiger partial charge in [0, 0.05) is 12.7 Å². The van der Waals surface area contributed by atoms with E-state index in [1.165, 1.54) is 17.1 Å². The molecule has 1 unspecified atom stereocenters. The van der Waals surface area contributed by atoms with E-state index in [1.54, 1.807) is 12.3 Å². The van der Waals surface area contributed by atoms with Gasteiger partial charge >= 0.3 is 0 Å². The van der Waals surface area contributed by atoms with Crippen LogP contribution in [0.2, 0.25) is 0 Å². The number of nitrogens with zero attached hydrogens (tertiary/aromatic N) is 2. The lowest BCUT2D eigenvalue weighted by Gasteiger charge is -2.21. The Kier molecular flexibility index (Phi) is 3.33. The summed E-state index contributed by atoms with van der Waals surface area (Å²) in [5.41, 5.74) is 5.28. The summed E-state index contributed by atoms with van der Waals surface area (Å²) in [6.45, 7) is 0.566. The normalized spacial score (nSPS) is 20.2. The summed E-state index contributed by atoms with van der Waals surface area (Å²) in [6, 6.07) is 4.45. The van der Waals surface area contributed by atoms with Crippen LogP contribution in [-0.4, -0.2) is 17.0 Å². The van der Waals surface area contributed by atoms with Gasteiger partial charge in [-0.25, -0.2) is 0 Å². The van der Waals surface area contributed by atoms with E-state index in [-0.39, 0.29) is 17.2 Å². The SMILES string of the molecule is N#C[CH]C([C@@H]1CCNC1=O)n1cccc(N)c1=O. The predicted octanol–water partition coefficient (Wildman–Crippen LogP) is -0.164. The first-order chi connectivity index (χ1) is 8.65. The molecule has 1 radical (unpaired) electrons. The van der Waals surface area contributed by atoms with Crippen LogP contribution in [0.25, 0.3) is 0 Å². The van der Waals surface area contributed by atoms with Crippen molar-refractivity contribution in [3.05, 3.63) is 35.1 Å². The molecule has 18 heavy (non-hydrogen) atoms. The molecule has 1 saturated heterocycles. The van der Waals surface area contributed by atoms with Gasteiger partial charge in [0.2, 0.25) is 5.91 Å². The number of hydrogen-bond donors (Lipinski definition) is 2. The van der Waals surface area contributed by atoms with Crippen molar-refractivity contribution < 1.29 is 4.79 Å². The fraction of sp³-hybridized carbons (Fsp3) is 0.333. The Bertz CT molecular complexity index is 558. The van der Waals surface area contributed by atoms with E-state index in [2.05, 4.69) is 5.32 Å². The Morgan fingerprint density at radius 2 is 2.39 bits per heavy atom. The number of aromatic nitrogens is 1. The minimum atomic E-state index is -0.575. The average molecular weight is 245 g/mol. The lowest BCUT2D eigenvalue weighted by Crippen LogP contribution is -2.34. The number of pyridine rings is 1. The molecule has 2 atom stereocenters. The van der Waals surface area contributed by atoms with Crippen LogP contribution in [0.3, 0.4) is 0 Å². The average Bonchev–Trinajstić information content (AvgIpc) is 2.76. The molecule has 93 valence electrons. The molecule has 6 heteroatoms. The molecule has 6 nitrogen and oxygen atoms in total. The first-order valence-electron chi connectivity index (χ1n) is 5.62. The number of carbonyl (C=O) groups excluding carboxylic acids is 1. The first-order valence-corrected chi connectivity index (χ1v) is 5.62. The maximum atomic E-state index is 11.9. The number of rotatable bonds is 3. The number of anilines is 1. The van der Waals surface area contributed by atoms with Crippen LogP contribution in [0.1, 0.15) is 12.5 Å². The van der Waals surface area contributed by atoms with Crippen LogP contribution < -0.4 is 16.6 Å². The molecule has 0 aliphatic carbocycles. The van der Waals surface area contributed by atoms with E-state index in [9.17, 15) is 9.59 Å². The van der Waals surface area contributed by atoms with Crippen molar-refractivity contribution in [3.63, 3.8) is 0 Å². The van der Waals surface area contributed by atoms with Gasteiger partial charge in [0.1, 0.15) is 0 Å². The number of hydrogen-bond acceptors (Lipinski definition) is 4. The Morgan fingerprint density at radius 3 is 3.00 bits per heavy atom.